The summed E-state index contributed by atoms with van der Waals surface area (Å²) in [4.78, 5) is 32.2. The van der Waals surface area contributed by atoms with E-state index in [1.54, 1.807) is 12.1 Å². The first-order chi connectivity index (χ1) is 14.0. The largest absolute Gasteiger partial charge is 0.341 e. The molecule has 152 valence electrons. The highest BCUT2D eigenvalue weighted by Gasteiger charge is 2.48. The zero-order chi connectivity index (χ0) is 20.4. The van der Waals surface area contributed by atoms with Gasteiger partial charge in [-0.25, -0.2) is 4.98 Å². The van der Waals surface area contributed by atoms with Gasteiger partial charge in [0.15, 0.2) is 0 Å². The Morgan fingerprint density at radius 1 is 1.10 bits per heavy atom. The van der Waals surface area contributed by atoms with Gasteiger partial charge in [-0.3, -0.25) is 9.59 Å². The second kappa shape index (κ2) is 8.33. The first-order valence-electron chi connectivity index (χ1n) is 9.96. The molecule has 1 atom stereocenters. The maximum atomic E-state index is 13.5. The van der Waals surface area contributed by atoms with E-state index in [1.165, 1.54) is 6.20 Å². The van der Waals surface area contributed by atoms with E-state index in [4.69, 9.17) is 23.2 Å². The molecule has 2 aliphatic rings. The molecule has 0 radical (unpaired) electrons. The summed E-state index contributed by atoms with van der Waals surface area (Å²) in [7, 11) is 0. The standard InChI is InChI=1S/C22H23Cl2N3O2/c23-17-6-1-5-16(12-17)22(9-3-10-22)21(29)27-11-2-4-15(14-27)20(28)26-19-8-7-18(24)13-25-19/h1,5-8,12-13,15H,2-4,9-11,14H2,(H,25,26,28). The molecule has 0 spiro atoms. The first-order valence-corrected chi connectivity index (χ1v) is 10.7. The number of benzene rings is 1. The number of anilines is 1. The summed E-state index contributed by atoms with van der Waals surface area (Å²) < 4.78 is 0. The van der Waals surface area contributed by atoms with E-state index >= 15 is 0 Å². The molecule has 2 heterocycles. The summed E-state index contributed by atoms with van der Waals surface area (Å²) in [6.07, 6.45) is 5.75. The van der Waals surface area contributed by atoms with Gasteiger partial charge in [-0.05, 0) is 55.5 Å². The highest BCUT2D eigenvalue weighted by atomic mass is 35.5. The summed E-state index contributed by atoms with van der Waals surface area (Å²) in [5.74, 6) is 0.231. The van der Waals surface area contributed by atoms with Gasteiger partial charge in [0.05, 0.1) is 16.4 Å². The Morgan fingerprint density at radius 2 is 1.93 bits per heavy atom. The van der Waals surface area contributed by atoms with E-state index in [2.05, 4.69) is 10.3 Å². The first kappa shape index (κ1) is 20.2. The fourth-order valence-electron chi connectivity index (χ4n) is 4.30. The second-order valence-electron chi connectivity index (χ2n) is 7.89. The van der Waals surface area contributed by atoms with Crippen molar-refractivity contribution in [2.75, 3.05) is 18.4 Å². The molecule has 5 nitrogen and oxygen atoms in total. The molecule has 1 saturated carbocycles. The number of aromatic nitrogens is 1. The van der Waals surface area contributed by atoms with E-state index < -0.39 is 5.41 Å². The molecule has 1 aromatic heterocycles. The fraction of sp³-hybridized carbons (Fsp3) is 0.409. The van der Waals surface area contributed by atoms with E-state index in [1.807, 2.05) is 29.2 Å². The van der Waals surface area contributed by atoms with Gasteiger partial charge < -0.3 is 10.2 Å². The normalized spacial score (nSPS) is 20.6. The Bertz CT molecular complexity index is 913. The number of nitrogens with zero attached hydrogens (tertiary/aromatic N) is 2. The predicted octanol–water partition coefficient (Wildman–Crippen LogP) is 4.69. The number of carbonyl (C=O) groups is 2. The van der Waals surface area contributed by atoms with Crippen molar-refractivity contribution < 1.29 is 9.59 Å². The van der Waals surface area contributed by atoms with E-state index in [-0.39, 0.29) is 17.7 Å². The lowest BCUT2D eigenvalue weighted by Gasteiger charge is -2.45. The Labute approximate surface area is 180 Å². The molecule has 2 aromatic rings. The zero-order valence-corrected chi connectivity index (χ0v) is 17.5. The third-order valence-corrected chi connectivity index (χ3v) is 6.51. The van der Waals surface area contributed by atoms with Gasteiger partial charge in [0, 0.05) is 24.3 Å². The molecule has 1 aliphatic carbocycles. The average Bonchev–Trinajstić information content (AvgIpc) is 2.69. The molecule has 29 heavy (non-hydrogen) atoms. The second-order valence-corrected chi connectivity index (χ2v) is 8.76. The van der Waals surface area contributed by atoms with Gasteiger partial charge in [0.1, 0.15) is 5.82 Å². The lowest BCUT2D eigenvalue weighted by molar-refractivity contribution is -0.143. The molecule has 2 fully saturated rings. The molecule has 1 aliphatic heterocycles. The quantitative estimate of drug-likeness (QED) is 0.763. The lowest BCUT2D eigenvalue weighted by atomic mass is 9.63. The van der Waals surface area contributed by atoms with Crippen molar-refractivity contribution in [1.29, 1.82) is 0 Å². The SMILES string of the molecule is O=C(Nc1ccc(Cl)cn1)C1CCCN(C(=O)C2(c3cccc(Cl)c3)CCC2)C1. The lowest BCUT2D eigenvalue weighted by Crippen LogP contribution is -2.54. The van der Waals surface area contributed by atoms with Crippen LogP contribution in [0.4, 0.5) is 5.82 Å². The van der Waals surface area contributed by atoms with Crippen molar-refractivity contribution >= 4 is 40.8 Å². The number of hydrogen-bond acceptors (Lipinski definition) is 3. The van der Waals surface area contributed by atoms with Crippen molar-refractivity contribution in [1.82, 2.24) is 9.88 Å². The Kier molecular flexibility index (Phi) is 5.79. The summed E-state index contributed by atoms with van der Waals surface area (Å²) in [6.45, 7) is 1.12. The molecule has 4 rings (SSSR count). The Hall–Kier alpha value is -2.11. The molecule has 1 saturated heterocycles. The van der Waals surface area contributed by atoms with Crippen LogP contribution < -0.4 is 5.32 Å². The van der Waals surface area contributed by atoms with Gasteiger partial charge in [-0.15, -0.1) is 0 Å². The number of halogens is 2. The minimum absolute atomic E-state index is 0.109. The van der Waals surface area contributed by atoms with Gasteiger partial charge >= 0.3 is 0 Å². The van der Waals surface area contributed by atoms with Crippen LogP contribution in [0.5, 0.6) is 0 Å². The predicted molar refractivity (Wildman–Crippen MR) is 114 cm³/mol. The topological polar surface area (TPSA) is 62.3 Å². The highest BCUT2D eigenvalue weighted by Crippen LogP contribution is 2.46. The van der Waals surface area contributed by atoms with Crippen LogP contribution in [0.2, 0.25) is 10.0 Å². The fourth-order valence-corrected chi connectivity index (χ4v) is 4.60. The third-order valence-electron chi connectivity index (χ3n) is 6.05. The number of piperidine rings is 1. The molecular weight excluding hydrogens is 409 g/mol. The van der Waals surface area contributed by atoms with Crippen molar-refractivity contribution in [3.63, 3.8) is 0 Å². The van der Waals surface area contributed by atoms with Crippen LogP contribution in [0.15, 0.2) is 42.6 Å². The number of hydrogen-bond donors (Lipinski definition) is 1. The van der Waals surface area contributed by atoms with Crippen molar-refractivity contribution in [3.05, 3.63) is 58.2 Å². The number of rotatable bonds is 4. The van der Waals surface area contributed by atoms with Crippen molar-refractivity contribution in [2.24, 2.45) is 5.92 Å². The summed E-state index contributed by atoms with van der Waals surface area (Å²) >= 11 is 12.0. The van der Waals surface area contributed by atoms with Gasteiger partial charge in [0.2, 0.25) is 11.8 Å². The van der Waals surface area contributed by atoms with Crippen LogP contribution in [-0.4, -0.2) is 34.8 Å². The van der Waals surface area contributed by atoms with Crippen LogP contribution in [-0.2, 0) is 15.0 Å². The Balaban J connectivity index is 1.46. The molecule has 2 amide bonds. The van der Waals surface area contributed by atoms with Gasteiger partial charge in [0.25, 0.3) is 0 Å². The molecule has 1 N–H and O–H groups in total. The number of likely N-dealkylation sites (tertiary alicyclic amines) is 1. The highest BCUT2D eigenvalue weighted by molar-refractivity contribution is 6.30. The minimum atomic E-state index is -0.499. The molecule has 1 unspecified atom stereocenters. The maximum absolute atomic E-state index is 13.5. The summed E-state index contributed by atoms with van der Waals surface area (Å²) in [5, 5.41) is 4.00. The summed E-state index contributed by atoms with van der Waals surface area (Å²) in [6, 6.07) is 11.0. The molecule has 7 heteroatoms. The molecular formula is C22H23Cl2N3O2. The summed E-state index contributed by atoms with van der Waals surface area (Å²) in [5.41, 5.74) is 0.485. The zero-order valence-electron chi connectivity index (χ0n) is 16.0. The van der Waals surface area contributed by atoms with Crippen molar-refractivity contribution in [2.45, 2.75) is 37.5 Å². The average molecular weight is 432 g/mol. The maximum Gasteiger partial charge on any atom is 0.233 e. The number of pyridine rings is 1. The smallest absolute Gasteiger partial charge is 0.233 e. The number of carbonyl (C=O) groups excluding carboxylic acids is 2. The number of amides is 2. The van der Waals surface area contributed by atoms with Crippen molar-refractivity contribution in [3.8, 4) is 0 Å². The third kappa shape index (κ3) is 4.12. The van der Waals surface area contributed by atoms with Gasteiger partial charge in [-0.2, -0.15) is 0 Å². The van der Waals surface area contributed by atoms with Crippen LogP contribution in [0.25, 0.3) is 0 Å². The molecule has 1 aromatic carbocycles. The van der Waals surface area contributed by atoms with Crippen LogP contribution >= 0.6 is 23.2 Å². The number of nitrogens with one attached hydrogen (secondary N) is 1. The van der Waals surface area contributed by atoms with Gasteiger partial charge in [-0.1, -0.05) is 41.8 Å². The van der Waals surface area contributed by atoms with Crippen LogP contribution in [0.3, 0.4) is 0 Å². The molecule has 0 bridgehead atoms. The monoisotopic (exact) mass is 431 g/mol. The Morgan fingerprint density at radius 3 is 2.59 bits per heavy atom. The minimum Gasteiger partial charge on any atom is -0.341 e. The van der Waals surface area contributed by atoms with Crippen LogP contribution in [0.1, 0.15) is 37.7 Å². The van der Waals surface area contributed by atoms with E-state index in [0.717, 1.165) is 37.7 Å². The van der Waals surface area contributed by atoms with E-state index in [9.17, 15) is 9.59 Å². The van der Waals surface area contributed by atoms with E-state index in [0.29, 0.717) is 29.0 Å². The van der Waals surface area contributed by atoms with Crippen LogP contribution in [0, 0.1) is 5.92 Å².